The number of hydrogen-bond donors (Lipinski definition) is 1. The third kappa shape index (κ3) is 2.68. The molecule has 0 amide bonds. The molecule has 2 aromatic rings. The van der Waals surface area contributed by atoms with Gasteiger partial charge < -0.3 is 14.6 Å². The van der Waals surface area contributed by atoms with E-state index in [9.17, 15) is 10.1 Å². The predicted molar refractivity (Wildman–Crippen MR) is 88.7 cm³/mol. The quantitative estimate of drug-likeness (QED) is 0.918. The minimum absolute atomic E-state index is 0.141. The van der Waals surface area contributed by atoms with Gasteiger partial charge in [-0.3, -0.25) is 9.78 Å². The van der Waals surface area contributed by atoms with Gasteiger partial charge >= 0.3 is 0 Å². The lowest BCUT2D eigenvalue weighted by Gasteiger charge is -2.40. The molecule has 1 N–H and O–H groups in total. The third-order valence-electron chi connectivity index (χ3n) is 4.75. The molecule has 0 spiro atoms. The van der Waals surface area contributed by atoms with Gasteiger partial charge in [-0.1, -0.05) is 0 Å². The summed E-state index contributed by atoms with van der Waals surface area (Å²) in [4.78, 5) is 21.3. The summed E-state index contributed by atoms with van der Waals surface area (Å²) in [7, 11) is 1.73. The smallest absolute Gasteiger partial charge is 0.268 e. The molecule has 6 heteroatoms. The van der Waals surface area contributed by atoms with Crippen LogP contribution >= 0.6 is 0 Å². The molecule has 0 aromatic carbocycles. The monoisotopic (exact) mass is 312 g/mol. The van der Waals surface area contributed by atoms with Gasteiger partial charge in [-0.05, 0) is 32.8 Å². The van der Waals surface area contributed by atoms with Gasteiger partial charge in [-0.2, -0.15) is 5.26 Å². The molecule has 6 nitrogen and oxygen atoms in total. The zero-order chi connectivity index (χ0) is 16.6. The second-order valence-electron chi connectivity index (χ2n) is 6.30. The molecule has 0 aliphatic carbocycles. The van der Waals surface area contributed by atoms with Crippen molar-refractivity contribution in [3.05, 3.63) is 33.9 Å². The number of aryl methyl sites for hydroxylation is 1. The second-order valence-corrected chi connectivity index (χ2v) is 6.30. The Bertz CT molecular complexity index is 842. The number of nitrogens with zero attached hydrogens (tertiary/aromatic N) is 3. The minimum atomic E-state index is -0.360. The Morgan fingerprint density at radius 3 is 2.74 bits per heavy atom. The van der Waals surface area contributed by atoms with E-state index in [-0.39, 0.29) is 16.7 Å². The van der Waals surface area contributed by atoms with E-state index in [2.05, 4.69) is 27.9 Å². The van der Waals surface area contributed by atoms with Crippen molar-refractivity contribution in [3.63, 3.8) is 0 Å². The summed E-state index contributed by atoms with van der Waals surface area (Å²) >= 11 is 0. The highest BCUT2D eigenvalue weighted by Crippen LogP contribution is 2.33. The number of nitrogens with one attached hydrogen (secondary N) is 1. The molecule has 0 saturated carbocycles. The maximum absolute atomic E-state index is 12.2. The van der Waals surface area contributed by atoms with Crippen molar-refractivity contribution in [2.45, 2.75) is 32.3 Å². The third-order valence-corrected chi connectivity index (χ3v) is 4.75. The summed E-state index contributed by atoms with van der Waals surface area (Å²) in [6.07, 6.45) is 3.36. The first-order chi connectivity index (χ1) is 11.0. The standard InChI is InChI=1S/C17H20N4O2/c1-11-8-12-14(10-19-11)20-16(22)13(9-18)15(12)21-6-4-17(2,23-3)5-7-21/h8,10H,4-7H2,1-3H3,(H,20,22). The number of ether oxygens (including phenoxy) is 1. The van der Waals surface area contributed by atoms with Crippen LogP contribution in [0.1, 0.15) is 31.0 Å². The lowest BCUT2D eigenvalue weighted by Crippen LogP contribution is -2.44. The molecule has 0 bridgehead atoms. The van der Waals surface area contributed by atoms with Crippen LogP contribution in [0.3, 0.4) is 0 Å². The lowest BCUT2D eigenvalue weighted by atomic mass is 9.92. The molecule has 2 aromatic heterocycles. The van der Waals surface area contributed by atoms with E-state index in [4.69, 9.17) is 4.74 Å². The van der Waals surface area contributed by atoms with E-state index in [0.29, 0.717) is 5.52 Å². The van der Waals surface area contributed by atoms with E-state index < -0.39 is 0 Å². The Morgan fingerprint density at radius 1 is 1.43 bits per heavy atom. The van der Waals surface area contributed by atoms with Crippen molar-refractivity contribution in [2.75, 3.05) is 25.1 Å². The van der Waals surface area contributed by atoms with Crippen LogP contribution in [0.5, 0.6) is 0 Å². The average Bonchev–Trinajstić information content (AvgIpc) is 2.55. The first-order valence-electron chi connectivity index (χ1n) is 7.70. The Labute approximate surface area is 134 Å². The van der Waals surface area contributed by atoms with Crippen molar-refractivity contribution in [1.29, 1.82) is 5.26 Å². The van der Waals surface area contributed by atoms with E-state index >= 15 is 0 Å². The number of aromatic amines is 1. The second kappa shape index (κ2) is 5.67. The van der Waals surface area contributed by atoms with Gasteiger partial charge in [0.1, 0.15) is 11.6 Å². The number of aromatic nitrogens is 2. The number of H-pyrrole nitrogens is 1. The van der Waals surface area contributed by atoms with Gasteiger partial charge in [0, 0.05) is 31.3 Å². The maximum atomic E-state index is 12.2. The fraction of sp³-hybridized carbons (Fsp3) is 0.471. The number of rotatable bonds is 2. The molecule has 1 aliphatic rings. The van der Waals surface area contributed by atoms with Crippen molar-refractivity contribution >= 4 is 16.6 Å². The Balaban J connectivity index is 2.14. The summed E-state index contributed by atoms with van der Waals surface area (Å²) in [5.41, 5.74) is 1.90. The van der Waals surface area contributed by atoms with Crippen LogP contribution < -0.4 is 10.5 Å². The van der Waals surface area contributed by atoms with E-state index in [1.165, 1.54) is 0 Å². The zero-order valence-electron chi connectivity index (χ0n) is 13.6. The van der Waals surface area contributed by atoms with Gasteiger partial charge in [0.2, 0.25) is 0 Å². The van der Waals surface area contributed by atoms with Crippen molar-refractivity contribution in [1.82, 2.24) is 9.97 Å². The normalized spacial score (nSPS) is 17.2. The van der Waals surface area contributed by atoms with E-state index in [1.54, 1.807) is 13.3 Å². The van der Waals surface area contributed by atoms with Crippen LogP contribution in [-0.2, 0) is 4.74 Å². The zero-order valence-corrected chi connectivity index (χ0v) is 13.6. The molecule has 0 atom stereocenters. The highest BCUT2D eigenvalue weighted by Gasteiger charge is 2.31. The molecule has 1 saturated heterocycles. The number of hydrogen-bond acceptors (Lipinski definition) is 5. The lowest BCUT2D eigenvalue weighted by molar-refractivity contribution is -0.0132. The first kappa shape index (κ1) is 15.5. The van der Waals surface area contributed by atoms with Crippen LogP contribution in [-0.4, -0.2) is 35.8 Å². The summed E-state index contributed by atoms with van der Waals surface area (Å²) < 4.78 is 5.58. The molecular weight excluding hydrogens is 292 g/mol. The van der Waals surface area contributed by atoms with Crippen molar-refractivity contribution in [3.8, 4) is 6.07 Å². The molecule has 0 unspecified atom stereocenters. The number of pyridine rings is 2. The topological polar surface area (TPSA) is 82.0 Å². The number of fused-ring (bicyclic) bond motifs is 1. The largest absolute Gasteiger partial charge is 0.378 e. The molecule has 120 valence electrons. The Hall–Kier alpha value is -2.39. The summed E-state index contributed by atoms with van der Waals surface area (Å²) in [5, 5.41) is 10.3. The Morgan fingerprint density at radius 2 is 2.13 bits per heavy atom. The summed E-state index contributed by atoms with van der Waals surface area (Å²) in [5.74, 6) is 0. The van der Waals surface area contributed by atoms with E-state index in [0.717, 1.165) is 42.7 Å². The molecule has 3 rings (SSSR count). The first-order valence-corrected chi connectivity index (χ1v) is 7.70. The Kier molecular flexibility index (Phi) is 3.82. The van der Waals surface area contributed by atoms with Crippen LogP contribution in [0.15, 0.2) is 17.1 Å². The van der Waals surface area contributed by atoms with Gasteiger partial charge in [0.15, 0.2) is 0 Å². The maximum Gasteiger partial charge on any atom is 0.268 e. The van der Waals surface area contributed by atoms with Gasteiger partial charge in [-0.15, -0.1) is 0 Å². The van der Waals surface area contributed by atoms with Crippen LogP contribution in [0.25, 0.3) is 10.9 Å². The minimum Gasteiger partial charge on any atom is -0.378 e. The van der Waals surface area contributed by atoms with Gasteiger partial charge in [0.25, 0.3) is 5.56 Å². The number of nitriles is 1. The number of piperidine rings is 1. The van der Waals surface area contributed by atoms with Crippen LogP contribution in [0, 0.1) is 18.3 Å². The van der Waals surface area contributed by atoms with E-state index in [1.807, 2.05) is 13.0 Å². The van der Waals surface area contributed by atoms with Gasteiger partial charge in [-0.25, -0.2) is 0 Å². The molecule has 3 heterocycles. The average molecular weight is 312 g/mol. The SMILES string of the molecule is COC1(C)CCN(c2c(C#N)c(=O)[nH]c3cnc(C)cc23)CC1. The molecule has 1 fully saturated rings. The fourth-order valence-electron chi connectivity index (χ4n) is 3.12. The van der Waals surface area contributed by atoms with Crippen LogP contribution in [0.4, 0.5) is 5.69 Å². The number of anilines is 1. The highest BCUT2D eigenvalue weighted by molar-refractivity contribution is 5.94. The van der Waals surface area contributed by atoms with Crippen molar-refractivity contribution < 1.29 is 4.74 Å². The molecular formula is C17H20N4O2. The van der Waals surface area contributed by atoms with Gasteiger partial charge in [0.05, 0.1) is 23.0 Å². The van der Waals surface area contributed by atoms with Crippen molar-refractivity contribution in [2.24, 2.45) is 0 Å². The molecule has 0 radical (unpaired) electrons. The molecule has 1 aliphatic heterocycles. The fourth-order valence-corrected chi connectivity index (χ4v) is 3.12. The number of methoxy groups -OCH3 is 1. The summed E-state index contributed by atoms with van der Waals surface area (Å²) in [6.45, 7) is 5.50. The van der Waals surface area contributed by atoms with Crippen LogP contribution in [0.2, 0.25) is 0 Å². The predicted octanol–water partition coefficient (Wildman–Crippen LogP) is 2.11. The summed E-state index contributed by atoms with van der Waals surface area (Å²) in [6, 6.07) is 3.99. The molecule has 23 heavy (non-hydrogen) atoms. The highest BCUT2D eigenvalue weighted by atomic mass is 16.5.